The smallest absolute Gasteiger partial charge is 0.396 e. The monoisotopic (exact) mass is 329 g/mol. The van der Waals surface area contributed by atoms with Crippen LogP contribution in [-0.2, 0) is 20.9 Å². The molecule has 1 aromatic heterocycles. The van der Waals surface area contributed by atoms with E-state index in [0.717, 1.165) is 16.9 Å². The SMILES string of the molecule is CCOC(=O)C(=O)NCc1nnc(-c2cccc(OC)c2)cc1C. The van der Waals surface area contributed by atoms with E-state index in [-0.39, 0.29) is 13.2 Å². The number of nitrogens with zero attached hydrogens (tertiary/aromatic N) is 2. The van der Waals surface area contributed by atoms with Gasteiger partial charge in [0, 0.05) is 5.56 Å². The molecule has 0 atom stereocenters. The Morgan fingerprint density at radius 3 is 2.67 bits per heavy atom. The fourth-order valence-electron chi connectivity index (χ4n) is 2.04. The molecule has 0 aliphatic heterocycles. The van der Waals surface area contributed by atoms with E-state index in [2.05, 4.69) is 20.3 Å². The van der Waals surface area contributed by atoms with Gasteiger partial charge in [0.1, 0.15) is 5.75 Å². The van der Waals surface area contributed by atoms with Gasteiger partial charge in [0.05, 0.1) is 31.6 Å². The van der Waals surface area contributed by atoms with Crippen LogP contribution in [0.3, 0.4) is 0 Å². The van der Waals surface area contributed by atoms with E-state index in [1.807, 2.05) is 37.3 Å². The lowest BCUT2D eigenvalue weighted by molar-refractivity contribution is -0.154. The number of methoxy groups -OCH3 is 1. The predicted molar refractivity (Wildman–Crippen MR) is 87.2 cm³/mol. The standard InChI is InChI=1S/C17H19N3O4/c1-4-24-17(22)16(21)18-10-15-11(2)8-14(19-20-15)12-6-5-7-13(9-12)23-3/h5-9H,4,10H2,1-3H3,(H,18,21). The molecule has 1 N–H and O–H groups in total. The molecule has 2 rings (SSSR count). The summed E-state index contributed by atoms with van der Waals surface area (Å²) in [5.41, 5.74) is 3.02. The highest BCUT2D eigenvalue weighted by atomic mass is 16.5. The summed E-state index contributed by atoms with van der Waals surface area (Å²) < 4.78 is 9.82. The van der Waals surface area contributed by atoms with E-state index >= 15 is 0 Å². The Kier molecular flexibility index (Phi) is 5.83. The van der Waals surface area contributed by atoms with Crippen molar-refractivity contribution in [2.45, 2.75) is 20.4 Å². The third-order valence-corrected chi connectivity index (χ3v) is 3.33. The van der Waals surface area contributed by atoms with E-state index in [9.17, 15) is 9.59 Å². The molecule has 0 aliphatic carbocycles. The minimum atomic E-state index is -0.906. The second kappa shape index (κ2) is 8.05. The van der Waals surface area contributed by atoms with Crippen LogP contribution in [0.15, 0.2) is 30.3 Å². The Morgan fingerprint density at radius 1 is 1.21 bits per heavy atom. The molecule has 0 radical (unpaired) electrons. The first kappa shape index (κ1) is 17.4. The van der Waals surface area contributed by atoms with Crippen molar-refractivity contribution in [3.8, 4) is 17.0 Å². The lowest BCUT2D eigenvalue weighted by atomic mass is 10.1. The lowest BCUT2D eigenvalue weighted by Gasteiger charge is -2.08. The second-order valence-corrected chi connectivity index (χ2v) is 4.99. The molecule has 126 valence electrons. The summed E-state index contributed by atoms with van der Waals surface area (Å²) in [6.45, 7) is 3.76. The third-order valence-electron chi connectivity index (χ3n) is 3.33. The summed E-state index contributed by atoms with van der Waals surface area (Å²) in [4.78, 5) is 22.8. The van der Waals surface area contributed by atoms with E-state index < -0.39 is 11.9 Å². The minimum absolute atomic E-state index is 0.106. The molecule has 7 nitrogen and oxygen atoms in total. The Labute approximate surface area is 140 Å². The first-order valence-corrected chi connectivity index (χ1v) is 7.47. The number of aryl methyl sites for hydroxylation is 1. The van der Waals surface area contributed by atoms with Crippen molar-refractivity contribution in [1.29, 1.82) is 0 Å². The fourth-order valence-corrected chi connectivity index (χ4v) is 2.04. The Hall–Kier alpha value is -2.96. The highest BCUT2D eigenvalue weighted by Gasteiger charge is 2.15. The molecule has 2 aromatic rings. The molecule has 0 fully saturated rings. The topological polar surface area (TPSA) is 90.4 Å². The van der Waals surface area contributed by atoms with E-state index in [1.54, 1.807) is 14.0 Å². The van der Waals surface area contributed by atoms with Crippen LogP contribution in [0.1, 0.15) is 18.2 Å². The van der Waals surface area contributed by atoms with Crippen LogP contribution in [0.4, 0.5) is 0 Å². The van der Waals surface area contributed by atoms with Crippen molar-refractivity contribution in [2.24, 2.45) is 0 Å². The average molecular weight is 329 g/mol. The van der Waals surface area contributed by atoms with Gasteiger partial charge in [0.15, 0.2) is 0 Å². The van der Waals surface area contributed by atoms with Crippen molar-refractivity contribution >= 4 is 11.9 Å². The Morgan fingerprint density at radius 2 is 2.00 bits per heavy atom. The number of amides is 1. The summed E-state index contributed by atoms with van der Waals surface area (Å²) in [6.07, 6.45) is 0. The van der Waals surface area contributed by atoms with Gasteiger partial charge in [0.2, 0.25) is 0 Å². The third kappa shape index (κ3) is 4.28. The van der Waals surface area contributed by atoms with Crippen molar-refractivity contribution in [2.75, 3.05) is 13.7 Å². The molecular weight excluding hydrogens is 310 g/mol. The molecule has 1 amide bonds. The Balaban J connectivity index is 2.09. The van der Waals surface area contributed by atoms with Crippen LogP contribution in [0.2, 0.25) is 0 Å². The number of hydrogen-bond donors (Lipinski definition) is 1. The van der Waals surface area contributed by atoms with Gasteiger partial charge in [-0.25, -0.2) is 4.79 Å². The zero-order valence-corrected chi connectivity index (χ0v) is 13.8. The zero-order valence-electron chi connectivity index (χ0n) is 13.8. The number of carbonyl (C=O) groups is 2. The summed E-state index contributed by atoms with van der Waals surface area (Å²) in [7, 11) is 1.60. The van der Waals surface area contributed by atoms with Gasteiger partial charge in [0.25, 0.3) is 0 Å². The molecule has 1 aromatic carbocycles. The Bertz CT molecular complexity index is 746. The molecule has 0 saturated carbocycles. The summed E-state index contributed by atoms with van der Waals surface area (Å²) in [5.74, 6) is -0.969. The maximum absolute atomic E-state index is 11.5. The quantitative estimate of drug-likeness (QED) is 0.662. The number of rotatable bonds is 5. The molecule has 0 spiro atoms. The van der Waals surface area contributed by atoms with Crippen LogP contribution in [-0.4, -0.2) is 35.8 Å². The number of hydrogen-bond acceptors (Lipinski definition) is 6. The summed E-state index contributed by atoms with van der Waals surface area (Å²) >= 11 is 0. The first-order valence-electron chi connectivity index (χ1n) is 7.47. The van der Waals surface area contributed by atoms with Crippen LogP contribution < -0.4 is 10.1 Å². The summed E-state index contributed by atoms with van der Waals surface area (Å²) in [5, 5.41) is 10.8. The van der Waals surface area contributed by atoms with E-state index in [4.69, 9.17) is 4.74 Å². The van der Waals surface area contributed by atoms with Gasteiger partial charge < -0.3 is 14.8 Å². The van der Waals surface area contributed by atoms with E-state index in [1.165, 1.54) is 0 Å². The van der Waals surface area contributed by atoms with Crippen molar-refractivity contribution in [3.63, 3.8) is 0 Å². The molecule has 0 aliphatic rings. The van der Waals surface area contributed by atoms with Gasteiger partial charge >= 0.3 is 11.9 Å². The van der Waals surface area contributed by atoms with Crippen molar-refractivity contribution in [1.82, 2.24) is 15.5 Å². The largest absolute Gasteiger partial charge is 0.497 e. The number of nitrogens with one attached hydrogen (secondary N) is 1. The van der Waals surface area contributed by atoms with Gasteiger partial charge in [-0.2, -0.15) is 10.2 Å². The van der Waals surface area contributed by atoms with E-state index in [0.29, 0.717) is 11.4 Å². The molecular formula is C17H19N3O4. The molecule has 0 unspecified atom stereocenters. The van der Waals surface area contributed by atoms with Crippen LogP contribution in [0, 0.1) is 6.92 Å². The number of carbonyl (C=O) groups excluding carboxylic acids is 2. The molecule has 7 heteroatoms. The number of benzene rings is 1. The highest BCUT2D eigenvalue weighted by molar-refractivity contribution is 6.32. The predicted octanol–water partition coefficient (Wildman–Crippen LogP) is 1.64. The summed E-state index contributed by atoms with van der Waals surface area (Å²) in [6, 6.07) is 9.37. The van der Waals surface area contributed by atoms with Gasteiger partial charge in [-0.05, 0) is 37.6 Å². The van der Waals surface area contributed by atoms with Gasteiger partial charge in [-0.1, -0.05) is 12.1 Å². The number of esters is 1. The maximum Gasteiger partial charge on any atom is 0.396 e. The average Bonchev–Trinajstić information content (AvgIpc) is 2.60. The molecule has 24 heavy (non-hydrogen) atoms. The minimum Gasteiger partial charge on any atom is -0.497 e. The van der Waals surface area contributed by atoms with Crippen LogP contribution in [0.5, 0.6) is 5.75 Å². The van der Waals surface area contributed by atoms with Crippen molar-refractivity contribution in [3.05, 3.63) is 41.6 Å². The zero-order chi connectivity index (χ0) is 17.5. The van der Waals surface area contributed by atoms with Gasteiger partial charge in [-0.15, -0.1) is 0 Å². The second-order valence-electron chi connectivity index (χ2n) is 4.99. The fraction of sp³-hybridized carbons (Fsp3) is 0.294. The van der Waals surface area contributed by atoms with Crippen molar-refractivity contribution < 1.29 is 19.1 Å². The van der Waals surface area contributed by atoms with Crippen LogP contribution in [0.25, 0.3) is 11.3 Å². The first-order chi connectivity index (χ1) is 11.5. The highest BCUT2D eigenvalue weighted by Crippen LogP contribution is 2.22. The number of aromatic nitrogens is 2. The maximum atomic E-state index is 11.5. The molecule has 0 saturated heterocycles. The normalized spacial score (nSPS) is 10.1. The molecule has 0 bridgehead atoms. The van der Waals surface area contributed by atoms with Crippen LogP contribution >= 0.6 is 0 Å². The number of ether oxygens (including phenoxy) is 2. The lowest BCUT2D eigenvalue weighted by Crippen LogP contribution is -2.32. The van der Waals surface area contributed by atoms with Gasteiger partial charge in [-0.3, -0.25) is 4.79 Å². The molecule has 1 heterocycles.